The maximum Gasteiger partial charge on any atom is 0.281 e. The molecule has 47 heavy (non-hydrogen) atoms. The molecule has 0 fully saturated rings. The number of thiazole rings is 1. The van der Waals surface area contributed by atoms with Gasteiger partial charge in [0.05, 0.1) is 29.6 Å². The van der Waals surface area contributed by atoms with Crippen molar-refractivity contribution in [3.63, 3.8) is 0 Å². The monoisotopic (exact) mass is 698 g/mol. The number of anilines is 2. The molecule has 0 saturated heterocycles. The number of pyridine rings is 1. The van der Waals surface area contributed by atoms with Gasteiger partial charge < -0.3 is 14.5 Å². The molecule has 0 bridgehead atoms. The zero-order valence-electron chi connectivity index (χ0n) is 27.0. The van der Waals surface area contributed by atoms with E-state index < -0.39 is 30.0 Å². The van der Waals surface area contributed by atoms with Crippen molar-refractivity contribution in [2.24, 2.45) is 0 Å². The van der Waals surface area contributed by atoms with Crippen LogP contribution in [0.25, 0.3) is 21.8 Å². The highest BCUT2D eigenvalue weighted by Crippen LogP contribution is 2.42. The van der Waals surface area contributed by atoms with Gasteiger partial charge in [-0.05, 0) is 67.0 Å². The molecule has 0 aliphatic carbocycles. The lowest BCUT2D eigenvalue weighted by atomic mass is 10.1. The van der Waals surface area contributed by atoms with E-state index in [0.29, 0.717) is 39.9 Å². The minimum atomic E-state index is -4.18. The van der Waals surface area contributed by atoms with Crippen LogP contribution in [-0.2, 0) is 16.6 Å². The Morgan fingerprint density at radius 2 is 1.83 bits per heavy atom. The van der Waals surface area contributed by atoms with Crippen LogP contribution in [0.4, 0.5) is 19.6 Å². The summed E-state index contributed by atoms with van der Waals surface area (Å²) < 4.78 is 69.5. The van der Waals surface area contributed by atoms with Gasteiger partial charge in [0.15, 0.2) is 33.3 Å². The number of nitrogens with zero attached hydrogens (tertiary/aromatic N) is 3. The quantitative estimate of drug-likeness (QED) is 0.118. The first-order chi connectivity index (χ1) is 22.1. The molecule has 248 valence electrons. The Labute approximate surface area is 277 Å². The fraction of sp³-hybridized carbons (Fsp3) is 0.281. The highest BCUT2D eigenvalue weighted by Gasteiger charge is 2.40. The molecule has 0 aliphatic rings. The second-order valence-electron chi connectivity index (χ2n) is 12.4. The van der Waals surface area contributed by atoms with Crippen LogP contribution < -0.4 is 19.2 Å². The Morgan fingerprint density at radius 3 is 2.47 bits per heavy atom. The molecule has 0 aliphatic heterocycles. The molecule has 0 atom stereocenters. The number of aryl methyl sites for hydroxylation is 1. The summed E-state index contributed by atoms with van der Waals surface area (Å²) in [6.07, 6.45) is 3.03. The number of aromatic amines is 1. The van der Waals surface area contributed by atoms with Crippen LogP contribution in [0.5, 0.6) is 11.5 Å². The summed E-state index contributed by atoms with van der Waals surface area (Å²) in [5, 5.41) is 9.99. The minimum absolute atomic E-state index is 0.0124. The fourth-order valence-electron chi connectivity index (χ4n) is 4.45. The normalized spacial score (nSPS) is 12.2. The summed E-state index contributed by atoms with van der Waals surface area (Å²) in [6.45, 7) is 12.9. The molecule has 15 heteroatoms. The molecular formula is C32H36F2N6O4S2Si. The molecule has 3 N–H and O–H groups in total. The lowest BCUT2D eigenvalue weighted by molar-refractivity contribution is 0.384. The molecule has 0 saturated carbocycles. The summed E-state index contributed by atoms with van der Waals surface area (Å²) in [7, 11) is -4.75. The van der Waals surface area contributed by atoms with Crippen LogP contribution in [0.1, 0.15) is 31.9 Å². The van der Waals surface area contributed by atoms with Crippen molar-refractivity contribution >= 4 is 40.5 Å². The topological polar surface area (TPSA) is 131 Å². The van der Waals surface area contributed by atoms with Crippen LogP contribution in [0.3, 0.4) is 0 Å². The Kier molecular flexibility index (Phi) is 9.44. The molecule has 2 aromatic carbocycles. The van der Waals surface area contributed by atoms with E-state index in [9.17, 15) is 17.2 Å². The molecule has 5 aromatic rings. The standard InChI is InChI=1S/C32H36F2N6O4S2Si/c1-19-15-22(35-17-21-9-8-10-26(43-5)28(21)44-47(6,7)32(2,3)4)18-36-30(19)46(41,42)40-31-38-27(20-11-12-23(33)24(34)16-20)29(45-31)25-13-14-37-39-25/h8-16,18,35H,17H2,1-7H3,(H,37,39)(H,38,40). The van der Waals surface area contributed by atoms with Gasteiger partial charge in [-0.2, -0.15) is 13.5 Å². The highest BCUT2D eigenvalue weighted by atomic mass is 32.2. The van der Waals surface area contributed by atoms with Gasteiger partial charge in [-0.25, -0.2) is 18.7 Å². The van der Waals surface area contributed by atoms with E-state index >= 15 is 0 Å². The first kappa shape index (κ1) is 34.0. The van der Waals surface area contributed by atoms with Crippen molar-refractivity contribution in [3.05, 3.63) is 83.7 Å². The summed E-state index contributed by atoms with van der Waals surface area (Å²) in [5.74, 6) is -0.733. The Balaban J connectivity index is 1.38. The molecule has 3 aromatic heterocycles. The van der Waals surface area contributed by atoms with Crippen molar-refractivity contribution in [3.8, 4) is 33.3 Å². The molecule has 5 rings (SSSR count). The Morgan fingerprint density at radius 1 is 1.06 bits per heavy atom. The van der Waals surface area contributed by atoms with Gasteiger partial charge in [-0.3, -0.25) is 9.82 Å². The van der Waals surface area contributed by atoms with Crippen molar-refractivity contribution in [2.45, 2.75) is 57.4 Å². The smallest absolute Gasteiger partial charge is 0.281 e. The lowest BCUT2D eigenvalue weighted by Crippen LogP contribution is -2.44. The third-order valence-corrected chi connectivity index (χ3v) is 14.8. The number of aromatic nitrogens is 4. The maximum absolute atomic E-state index is 14.1. The van der Waals surface area contributed by atoms with Crippen molar-refractivity contribution in [1.29, 1.82) is 0 Å². The van der Waals surface area contributed by atoms with E-state index in [1.807, 2.05) is 18.2 Å². The Hall–Kier alpha value is -4.34. The number of benzene rings is 2. The largest absolute Gasteiger partial charge is 0.541 e. The number of ether oxygens (including phenoxy) is 1. The second kappa shape index (κ2) is 13.0. The van der Waals surface area contributed by atoms with Crippen molar-refractivity contribution in [1.82, 2.24) is 20.2 Å². The fourth-order valence-corrected chi connectivity index (χ4v) is 7.85. The molecular weight excluding hydrogens is 663 g/mol. The molecule has 0 unspecified atom stereocenters. The number of H-pyrrole nitrogens is 1. The summed E-state index contributed by atoms with van der Waals surface area (Å²) >= 11 is 1.01. The predicted octanol–water partition coefficient (Wildman–Crippen LogP) is 7.99. The molecule has 3 heterocycles. The van der Waals surface area contributed by atoms with Crippen LogP contribution in [0.15, 0.2) is 66.0 Å². The lowest BCUT2D eigenvalue weighted by Gasteiger charge is -2.37. The number of halogens is 2. The predicted molar refractivity (Wildman–Crippen MR) is 183 cm³/mol. The van der Waals surface area contributed by atoms with E-state index in [-0.39, 0.29) is 26.5 Å². The van der Waals surface area contributed by atoms with Gasteiger partial charge in [-0.1, -0.05) is 44.2 Å². The van der Waals surface area contributed by atoms with Crippen molar-refractivity contribution in [2.75, 3.05) is 17.1 Å². The number of nitrogens with one attached hydrogen (secondary N) is 3. The number of rotatable bonds is 11. The maximum atomic E-state index is 14.1. The van der Waals surface area contributed by atoms with E-state index in [0.717, 1.165) is 29.0 Å². The minimum Gasteiger partial charge on any atom is -0.541 e. The summed E-state index contributed by atoms with van der Waals surface area (Å²) in [4.78, 5) is 9.15. The second-order valence-corrected chi connectivity index (χ2v) is 19.7. The van der Waals surface area contributed by atoms with E-state index in [1.165, 1.54) is 12.3 Å². The third-order valence-electron chi connectivity index (χ3n) is 7.99. The number of sulfonamides is 1. The van der Waals surface area contributed by atoms with Gasteiger partial charge in [0.1, 0.15) is 5.69 Å². The number of methoxy groups -OCH3 is 1. The SMILES string of the molecule is COc1cccc(CNc2cnc(S(=O)(=O)Nc3nc(-c4ccc(F)c(F)c4)c(-c4cc[nH]n4)s3)c(C)c2)c1O[Si](C)(C)C(C)(C)C. The molecule has 0 spiro atoms. The van der Waals surface area contributed by atoms with Gasteiger partial charge in [0, 0.05) is 23.9 Å². The zero-order chi connectivity index (χ0) is 34.1. The van der Waals surface area contributed by atoms with Gasteiger partial charge >= 0.3 is 0 Å². The van der Waals surface area contributed by atoms with Crippen molar-refractivity contribution < 1.29 is 26.4 Å². The van der Waals surface area contributed by atoms with Crippen LogP contribution in [0.2, 0.25) is 18.1 Å². The molecule has 0 radical (unpaired) electrons. The van der Waals surface area contributed by atoms with Gasteiger partial charge in [0.25, 0.3) is 18.3 Å². The van der Waals surface area contributed by atoms with Crippen LogP contribution >= 0.6 is 11.3 Å². The number of hydrogen-bond donors (Lipinski definition) is 3. The molecule has 10 nitrogen and oxygen atoms in total. The molecule has 0 amide bonds. The first-order valence-corrected chi connectivity index (χ1v) is 19.8. The average Bonchev–Trinajstić information content (AvgIpc) is 3.67. The highest BCUT2D eigenvalue weighted by molar-refractivity contribution is 7.92. The number of para-hydroxylation sites is 1. The van der Waals surface area contributed by atoms with Crippen LogP contribution in [-0.4, -0.2) is 44.0 Å². The van der Waals surface area contributed by atoms with E-state index in [1.54, 1.807) is 32.4 Å². The first-order valence-electron chi connectivity index (χ1n) is 14.6. The average molecular weight is 699 g/mol. The van der Waals surface area contributed by atoms with Gasteiger partial charge in [0.2, 0.25) is 0 Å². The zero-order valence-corrected chi connectivity index (χ0v) is 29.7. The summed E-state index contributed by atoms with van der Waals surface area (Å²) in [6, 6.07) is 12.4. The van der Waals surface area contributed by atoms with Crippen LogP contribution in [0, 0.1) is 18.6 Å². The third kappa shape index (κ3) is 7.31. The Bertz CT molecular complexity index is 2010. The summed E-state index contributed by atoms with van der Waals surface area (Å²) in [5.41, 5.74) is 2.87. The van der Waals surface area contributed by atoms with Gasteiger partial charge in [-0.15, -0.1) is 0 Å². The van der Waals surface area contributed by atoms with E-state index in [4.69, 9.17) is 9.16 Å². The van der Waals surface area contributed by atoms with E-state index in [2.05, 4.69) is 64.1 Å². The number of hydrogen-bond acceptors (Lipinski definition) is 9.